The van der Waals surface area contributed by atoms with E-state index in [9.17, 15) is 0 Å². The lowest BCUT2D eigenvalue weighted by Gasteiger charge is -2.63. The molecule has 0 N–H and O–H groups in total. The summed E-state index contributed by atoms with van der Waals surface area (Å²) < 4.78 is 0.789. The molecule has 0 amide bonds. The minimum Gasteiger partial charge on any atom is -0.0852 e. The summed E-state index contributed by atoms with van der Waals surface area (Å²) >= 11 is 8.19. The van der Waals surface area contributed by atoms with E-state index in [1.165, 1.54) is 38.5 Å². The van der Waals surface area contributed by atoms with Crippen LogP contribution in [-0.4, -0.2) is 8.65 Å². The van der Waals surface area contributed by atoms with Gasteiger partial charge in [-0.2, -0.15) is 0 Å². The van der Waals surface area contributed by atoms with E-state index < -0.39 is 0 Å². The molecule has 0 radical (unpaired) electrons. The van der Waals surface area contributed by atoms with Gasteiger partial charge in [0.05, 0.1) is 0 Å². The minimum absolute atomic E-state index is 0.395. The third-order valence-electron chi connectivity index (χ3n) is 5.32. The highest BCUT2D eigenvalue weighted by atomic mass is 79.9. The molecule has 1 aromatic rings. The molecule has 18 heavy (non-hydrogen) atoms. The van der Waals surface area contributed by atoms with Crippen molar-refractivity contribution >= 4 is 31.9 Å². The summed E-state index contributed by atoms with van der Waals surface area (Å²) in [6, 6.07) is 11.2. The molecule has 0 nitrogen and oxygen atoms in total. The van der Waals surface area contributed by atoms with Crippen LogP contribution in [0.2, 0.25) is 0 Å². The molecule has 0 saturated heterocycles. The molecular formula is C16H18Br2. The van der Waals surface area contributed by atoms with Crippen LogP contribution >= 0.6 is 31.9 Å². The van der Waals surface area contributed by atoms with Crippen LogP contribution in [0.15, 0.2) is 30.3 Å². The van der Waals surface area contributed by atoms with Crippen molar-refractivity contribution in [2.45, 2.75) is 52.6 Å². The molecule has 0 aromatic heterocycles. The summed E-state index contributed by atoms with van der Waals surface area (Å²) in [5.41, 5.74) is 2.00. The van der Waals surface area contributed by atoms with Gasteiger partial charge in [0.1, 0.15) is 0 Å². The number of hydrogen-bond donors (Lipinski definition) is 0. The number of benzene rings is 1. The Morgan fingerprint density at radius 1 is 0.833 bits per heavy atom. The lowest BCUT2D eigenvalue weighted by atomic mass is 9.48. The average molecular weight is 370 g/mol. The summed E-state index contributed by atoms with van der Waals surface area (Å²) in [6.07, 6.45) is 8.13. The molecule has 2 unspecified atom stereocenters. The van der Waals surface area contributed by atoms with Crippen LogP contribution in [0.4, 0.5) is 0 Å². The Hall–Kier alpha value is 0.180. The van der Waals surface area contributed by atoms with Crippen molar-refractivity contribution in [2.24, 2.45) is 5.92 Å². The maximum Gasteiger partial charge on any atom is 0.0282 e. The molecule has 5 rings (SSSR count). The van der Waals surface area contributed by atoms with E-state index >= 15 is 0 Å². The van der Waals surface area contributed by atoms with E-state index in [2.05, 4.69) is 62.2 Å². The van der Waals surface area contributed by atoms with E-state index in [1.807, 2.05) is 0 Å². The van der Waals surface area contributed by atoms with Gasteiger partial charge in [0.25, 0.3) is 0 Å². The maximum absolute atomic E-state index is 4.10. The summed E-state index contributed by atoms with van der Waals surface area (Å²) in [5.74, 6) is 0.903. The standard InChI is InChI=1S/C16H18Br2/c17-15-7-12-6-14(9-15,10-16(18,8-12)11-15)13-4-2-1-3-5-13/h1-5,12H,6-11H2. The van der Waals surface area contributed by atoms with Gasteiger partial charge in [-0.15, -0.1) is 0 Å². The fraction of sp³-hybridized carbons (Fsp3) is 0.625. The molecule has 0 heterocycles. The number of halogens is 2. The maximum atomic E-state index is 4.10. The van der Waals surface area contributed by atoms with Crippen molar-refractivity contribution in [3.05, 3.63) is 35.9 Å². The van der Waals surface area contributed by atoms with Crippen LogP contribution < -0.4 is 0 Å². The average Bonchev–Trinajstić information content (AvgIpc) is 2.25. The van der Waals surface area contributed by atoms with Crippen LogP contribution in [0, 0.1) is 5.92 Å². The zero-order chi connectivity index (χ0) is 12.4. The fourth-order valence-electron chi connectivity index (χ4n) is 5.32. The first-order chi connectivity index (χ1) is 8.51. The summed E-state index contributed by atoms with van der Waals surface area (Å²) in [5, 5.41) is 0. The zero-order valence-corrected chi connectivity index (χ0v) is 13.6. The highest BCUT2D eigenvalue weighted by Gasteiger charge is 2.62. The first-order valence-electron chi connectivity index (χ1n) is 6.95. The largest absolute Gasteiger partial charge is 0.0852 e. The number of alkyl halides is 2. The molecule has 4 fully saturated rings. The smallest absolute Gasteiger partial charge is 0.0282 e. The van der Waals surface area contributed by atoms with E-state index in [0.29, 0.717) is 14.1 Å². The molecule has 4 aliphatic carbocycles. The molecule has 4 saturated carbocycles. The van der Waals surface area contributed by atoms with Crippen LogP contribution in [-0.2, 0) is 5.41 Å². The predicted molar refractivity (Wildman–Crippen MR) is 82.6 cm³/mol. The Morgan fingerprint density at radius 3 is 2.00 bits per heavy atom. The van der Waals surface area contributed by atoms with Gasteiger partial charge in [-0.1, -0.05) is 62.2 Å². The van der Waals surface area contributed by atoms with Crippen molar-refractivity contribution in [2.75, 3.05) is 0 Å². The summed E-state index contributed by atoms with van der Waals surface area (Å²) in [6.45, 7) is 0. The monoisotopic (exact) mass is 368 g/mol. The van der Waals surface area contributed by atoms with Crippen molar-refractivity contribution < 1.29 is 0 Å². The molecule has 0 aliphatic heterocycles. The molecule has 1 aromatic carbocycles. The molecule has 2 atom stereocenters. The Labute approximate surface area is 126 Å². The Bertz CT molecular complexity index is 463. The quantitative estimate of drug-likeness (QED) is 0.597. The predicted octanol–water partition coefficient (Wildman–Crippen LogP) is 5.19. The van der Waals surface area contributed by atoms with Crippen LogP contribution in [0.1, 0.15) is 44.1 Å². The van der Waals surface area contributed by atoms with Crippen molar-refractivity contribution in [1.82, 2.24) is 0 Å². The van der Waals surface area contributed by atoms with E-state index in [-0.39, 0.29) is 0 Å². The van der Waals surface area contributed by atoms with Gasteiger partial charge in [-0.05, 0) is 55.4 Å². The number of rotatable bonds is 1. The van der Waals surface area contributed by atoms with Crippen molar-refractivity contribution in [3.8, 4) is 0 Å². The molecule has 2 heteroatoms. The Balaban J connectivity index is 1.83. The van der Waals surface area contributed by atoms with Crippen molar-refractivity contribution in [1.29, 1.82) is 0 Å². The highest BCUT2D eigenvalue weighted by Crippen LogP contribution is 2.68. The molecule has 4 bridgehead atoms. The first kappa shape index (κ1) is 12.0. The van der Waals surface area contributed by atoms with Crippen molar-refractivity contribution in [3.63, 3.8) is 0 Å². The lowest BCUT2D eigenvalue weighted by Crippen LogP contribution is -2.60. The van der Waals surface area contributed by atoms with Crippen LogP contribution in [0.3, 0.4) is 0 Å². The molecule has 4 aliphatic rings. The third kappa shape index (κ3) is 1.67. The summed E-state index contributed by atoms with van der Waals surface area (Å²) in [7, 11) is 0. The Kier molecular flexibility index (Phi) is 2.41. The molecular weight excluding hydrogens is 352 g/mol. The summed E-state index contributed by atoms with van der Waals surface area (Å²) in [4.78, 5) is 0. The third-order valence-corrected chi connectivity index (χ3v) is 7.09. The van der Waals surface area contributed by atoms with Gasteiger partial charge in [0, 0.05) is 8.65 Å². The van der Waals surface area contributed by atoms with Gasteiger partial charge >= 0.3 is 0 Å². The fourth-order valence-corrected chi connectivity index (χ4v) is 8.76. The normalized spacial score (nSPS) is 49.6. The van der Waals surface area contributed by atoms with Crippen LogP contribution in [0.25, 0.3) is 0 Å². The van der Waals surface area contributed by atoms with Gasteiger partial charge in [0.15, 0.2) is 0 Å². The van der Waals surface area contributed by atoms with Gasteiger partial charge in [-0.3, -0.25) is 0 Å². The van der Waals surface area contributed by atoms with E-state index in [1.54, 1.807) is 5.56 Å². The van der Waals surface area contributed by atoms with E-state index in [4.69, 9.17) is 0 Å². The highest BCUT2D eigenvalue weighted by molar-refractivity contribution is 9.10. The van der Waals surface area contributed by atoms with Gasteiger partial charge < -0.3 is 0 Å². The zero-order valence-electron chi connectivity index (χ0n) is 10.5. The van der Waals surface area contributed by atoms with Gasteiger partial charge in [0.2, 0.25) is 0 Å². The molecule has 0 spiro atoms. The Morgan fingerprint density at radius 2 is 1.44 bits per heavy atom. The van der Waals surface area contributed by atoms with Crippen LogP contribution in [0.5, 0.6) is 0 Å². The second-order valence-corrected chi connectivity index (χ2v) is 10.3. The second kappa shape index (κ2) is 3.63. The van der Waals surface area contributed by atoms with Gasteiger partial charge in [-0.25, -0.2) is 0 Å². The topological polar surface area (TPSA) is 0 Å². The minimum atomic E-state index is 0.395. The molecule has 96 valence electrons. The second-order valence-electron chi connectivity index (χ2n) is 6.96. The number of hydrogen-bond acceptors (Lipinski definition) is 0. The lowest BCUT2D eigenvalue weighted by molar-refractivity contribution is 0.0358. The first-order valence-corrected chi connectivity index (χ1v) is 8.53. The SMILES string of the molecule is BrC12CC3CC(Br)(C1)CC(c1ccccc1)(C3)C2. The van der Waals surface area contributed by atoms with E-state index in [0.717, 1.165) is 5.92 Å².